The molecule has 0 aromatic rings. The molecule has 102 valence electrons. The molecule has 0 N–H and O–H groups in total. The van der Waals surface area contributed by atoms with E-state index in [0.717, 1.165) is 13.0 Å². The highest BCUT2D eigenvalue weighted by Gasteiger charge is 1.98. The lowest BCUT2D eigenvalue weighted by molar-refractivity contribution is -0.146. The number of hydrogen-bond donors (Lipinski definition) is 0. The first-order valence-electron chi connectivity index (χ1n) is 6.11. The standard InChI is InChI=1S/C12H24O5/c1-3-4-5-6-15-7-8-16-9-10-17-11-12(13)14-2/h3-11H2,1-2H3. The molecule has 0 amide bonds. The third kappa shape index (κ3) is 13.3. The van der Waals surface area contributed by atoms with Crippen molar-refractivity contribution in [1.82, 2.24) is 0 Å². The zero-order valence-corrected chi connectivity index (χ0v) is 10.9. The van der Waals surface area contributed by atoms with Crippen LogP contribution in [0, 0.1) is 0 Å². The summed E-state index contributed by atoms with van der Waals surface area (Å²) in [4.78, 5) is 10.7. The topological polar surface area (TPSA) is 54.0 Å². The van der Waals surface area contributed by atoms with Crippen molar-refractivity contribution in [3.63, 3.8) is 0 Å². The zero-order chi connectivity index (χ0) is 12.8. The predicted molar refractivity (Wildman–Crippen MR) is 64.0 cm³/mol. The van der Waals surface area contributed by atoms with Crippen molar-refractivity contribution in [2.24, 2.45) is 0 Å². The maximum atomic E-state index is 10.7. The maximum absolute atomic E-state index is 10.7. The van der Waals surface area contributed by atoms with Gasteiger partial charge in [0, 0.05) is 6.61 Å². The molecule has 0 bridgehead atoms. The van der Waals surface area contributed by atoms with Crippen LogP contribution < -0.4 is 0 Å². The Morgan fingerprint density at radius 3 is 2.06 bits per heavy atom. The molecule has 0 aliphatic rings. The molecular weight excluding hydrogens is 224 g/mol. The normalized spacial score (nSPS) is 10.5. The highest BCUT2D eigenvalue weighted by Crippen LogP contribution is 1.93. The van der Waals surface area contributed by atoms with E-state index in [1.165, 1.54) is 20.0 Å². The summed E-state index contributed by atoms with van der Waals surface area (Å²) < 4.78 is 20.0. The Hall–Kier alpha value is -0.650. The number of hydrogen-bond acceptors (Lipinski definition) is 5. The minimum Gasteiger partial charge on any atom is -0.467 e. The number of carbonyl (C=O) groups excluding carboxylic acids is 1. The van der Waals surface area contributed by atoms with Crippen LogP contribution in [0.15, 0.2) is 0 Å². The number of unbranched alkanes of at least 4 members (excludes halogenated alkanes) is 2. The Labute approximate surface area is 103 Å². The SMILES string of the molecule is CCCCCOCCOCCOCC(=O)OC. The highest BCUT2D eigenvalue weighted by molar-refractivity contribution is 5.70. The van der Waals surface area contributed by atoms with Crippen LogP contribution in [0.25, 0.3) is 0 Å². The first kappa shape index (κ1) is 16.4. The Morgan fingerprint density at radius 1 is 0.882 bits per heavy atom. The molecule has 0 aromatic heterocycles. The average Bonchev–Trinajstić information content (AvgIpc) is 2.35. The van der Waals surface area contributed by atoms with Gasteiger partial charge in [-0.3, -0.25) is 0 Å². The molecule has 0 atom stereocenters. The zero-order valence-electron chi connectivity index (χ0n) is 10.9. The molecule has 0 aliphatic heterocycles. The fourth-order valence-electron chi connectivity index (χ4n) is 1.11. The second-order valence-corrected chi connectivity index (χ2v) is 3.56. The summed E-state index contributed by atoms with van der Waals surface area (Å²) in [6.45, 7) is 4.98. The van der Waals surface area contributed by atoms with Gasteiger partial charge in [0.15, 0.2) is 0 Å². The molecule has 5 heteroatoms. The van der Waals surface area contributed by atoms with Crippen molar-refractivity contribution >= 4 is 5.97 Å². The van der Waals surface area contributed by atoms with Crippen molar-refractivity contribution in [3.05, 3.63) is 0 Å². The minimum absolute atomic E-state index is 0.0205. The van der Waals surface area contributed by atoms with Gasteiger partial charge in [-0.05, 0) is 6.42 Å². The van der Waals surface area contributed by atoms with Crippen molar-refractivity contribution in [1.29, 1.82) is 0 Å². The number of rotatable bonds is 12. The van der Waals surface area contributed by atoms with Gasteiger partial charge < -0.3 is 18.9 Å². The molecule has 0 spiro atoms. The summed E-state index contributed by atoms with van der Waals surface area (Å²) in [6.07, 6.45) is 3.53. The first-order valence-corrected chi connectivity index (χ1v) is 6.11. The number of ether oxygens (including phenoxy) is 4. The Kier molecular flexibility index (Phi) is 12.9. The Balaban J connectivity index is 2.96. The van der Waals surface area contributed by atoms with Gasteiger partial charge >= 0.3 is 5.97 Å². The van der Waals surface area contributed by atoms with Crippen LogP contribution in [-0.2, 0) is 23.7 Å². The molecule has 0 heterocycles. The van der Waals surface area contributed by atoms with Gasteiger partial charge in [-0.2, -0.15) is 0 Å². The van der Waals surface area contributed by atoms with Gasteiger partial charge in [-0.25, -0.2) is 4.79 Å². The summed E-state index contributed by atoms with van der Waals surface area (Å²) in [5, 5.41) is 0. The molecule has 0 unspecified atom stereocenters. The Morgan fingerprint density at radius 2 is 1.47 bits per heavy atom. The second kappa shape index (κ2) is 13.4. The van der Waals surface area contributed by atoms with E-state index in [1.807, 2.05) is 0 Å². The summed E-state index contributed by atoms with van der Waals surface area (Å²) in [6, 6.07) is 0. The lowest BCUT2D eigenvalue weighted by atomic mass is 10.3. The molecule has 0 saturated heterocycles. The largest absolute Gasteiger partial charge is 0.467 e. The molecule has 0 aliphatic carbocycles. The van der Waals surface area contributed by atoms with Gasteiger partial charge in [0.25, 0.3) is 0 Å². The monoisotopic (exact) mass is 248 g/mol. The summed E-state index contributed by atoms with van der Waals surface area (Å²) >= 11 is 0. The molecule has 17 heavy (non-hydrogen) atoms. The molecule has 0 aromatic carbocycles. The molecule has 5 nitrogen and oxygen atoms in total. The van der Waals surface area contributed by atoms with E-state index in [4.69, 9.17) is 14.2 Å². The van der Waals surface area contributed by atoms with Crippen molar-refractivity contribution in [3.8, 4) is 0 Å². The van der Waals surface area contributed by atoms with E-state index in [9.17, 15) is 4.79 Å². The summed E-state index contributed by atoms with van der Waals surface area (Å²) in [5.41, 5.74) is 0. The molecule has 0 saturated carbocycles. The molecular formula is C12H24O5. The van der Waals surface area contributed by atoms with Crippen LogP contribution in [0.3, 0.4) is 0 Å². The van der Waals surface area contributed by atoms with Gasteiger partial charge in [0.1, 0.15) is 6.61 Å². The maximum Gasteiger partial charge on any atom is 0.331 e. The fourth-order valence-corrected chi connectivity index (χ4v) is 1.11. The second-order valence-electron chi connectivity index (χ2n) is 3.56. The van der Waals surface area contributed by atoms with Gasteiger partial charge in [-0.1, -0.05) is 19.8 Å². The molecule has 0 fully saturated rings. The fraction of sp³-hybridized carbons (Fsp3) is 0.917. The van der Waals surface area contributed by atoms with Crippen LogP contribution in [-0.4, -0.2) is 52.7 Å². The van der Waals surface area contributed by atoms with Crippen LogP contribution in [0.2, 0.25) is 0 Å². The van der Waals surface area contributed by atoms with Crippen molar-refractivity contribution in [2.45, 2.75) is 26.2 Å². The highest BCUT2D eigenvalue weighted by atomic mass is 16.6. The number of carbonyl (C=O) groups is 1. The van der Waals surface area contributed by atoms with E-state index >= 15 is 0 Å². The lowest BCUT2D eigenvalue weighted by Crippen LogP contribution is -2.14. The lowest BCUT2D eigenvalue weighted by Gasteiger charge is -2.06. The van der Waals surface area contributed by atoms with Crippen molar-refractivity contribution < 1.29 is 23.7 Å². The van der Waals surface area contributed by atoms with E-state index in [1.54, 1.807) is 0 Å². The molecule has 0 rings (SSSR count). The smallest absolute Gasteiger partial charge is 0.331 e. The number of esters is 1. The van der Waals surface area contributed by atoms with Crippen molar-refractivity contribution in [2.75, 3.05) is 46.8 Å². The van der Waals surface area contributed by atoms with Gasteiger partial charge in [0.2, 0.25) is 0 Å². The predicted octanol–water partition coefficient (Wildman–Crippen LogP) is 1.40. The van der Waals surface area contributed by atoms with E-state index in [2.05, 4.69) is 11.7 Å². The first-order chi connectivity index (χ1) is 8.31. The van der Waals surface area contributed by atoms with Gasteiger partial charge in [0.05, 0.1) is 33.5 Å². The summed E-state index contributed by atoms with van der Waals surface area (Å²) in [7, 11) is 1.33. The van der Waals surface area contributed by atoms with E-state index in [-0.39, 0.29) is 12.6 Å². The molecule has 0 radical (unpaired) electrons. The Bertz CT molecular complexity index is 172. The summed E-state index contributed by atoms with van der Waals surface area (Å²) in [5.74, 6) is -0.371. The third-order valence-electron chi connectivity index (χ3n) is 2.08. The quantitative estimate of drug-likeness (QED) is 0.386. The van der Waals surface area contributed by atoms with Crippen LogP contribution >= 0.6 is 0 Å². The van der Waals surface area contributed by atoms with E-state index < -0.39 is 0 Å². The average molecular weight is 248 g/mol. The number of methoxy groups -OCH3 is 1. The van der Waals surface area contributed by atoms with E-state index in [0.29, 0.717) is 26.4 Å². The third-order valence-corrected chi connectivity index (χ3v) is 2.08. The van der Waals surface area contributed by atoms with Gasteiger partial charge in [-0.15, -0.1) is 0 Å². The van der Waals surface area contributed by atoms with Crippen LogP contribution in [0.1, 0.15) is 26.2 Å². The van der Waals surface area contributed by atoms with Crippen LogP contribution in [0.4, 0.5) is 0 Å². The van der Waals surface area contributed by atoms with Crippen LogP contribution in [0.5, 0.6) is 0 Å². The minimum atomic E-state index is -0.371.